The molecule has 21 heavy (non-hydrogen) atoms. The molecule has 0 atom stereocenters. The van der Waals surface area contributed by atoms with Crippen LogP contribution in [0.2, 0.25) is 0 Å². The van der Waals surface area contributed by atoms with Gasteiger partial charge in [-0.05, 0) is 25.8 Å². The molecule has 0 unspecified atom stereocenters. The lowest BCUT2D eigenvalue weighted by molar-refractivity contribution is 0.308. The smallest absolute Gasteiger partial charge is 0.165 e. The molecule has 1 aromatic carbocycles. The maximum absolute atomic E-state index is 11.4. The second-order valence-corrected chi connectivity index (χ2v) is 7.49. The number of hydrogen-bond donors (Lipinski definition) is 1. The van der Waals surface area contributed by atoms with E-state index in [2.05, 4.69) is 5.32 Å². The second-order valence-electron chi connectivity index (χ2n) is 5.19. The topological polar surface area (TPSA) is 64.6 Å². The third-order valence-corrected chi connectivity index (χ3v) is 5.42. The number of sulfone groups is 1. The molecule has 1 N–H and O–H groups in total. The Balaban J connectivity index is 1.98. The number of nitrogens with one attached hydrogen (secondary N) is 1. The van der Waals surface area contributed by atoms with Crippen LogP contribution in [0.25, 0.3) is 0 Å². The highest BCUT2D eigenvalue weighted by Crippen LogP contribution is 2.31. The Morgan fingerprint density at radius 2 is 2.00 bits per heavy atom. The molecule has 0 amide bonds. The van der Waals surface area contributed by atoms with Crippen molar-refractivity contribution in [1.82, 2.24) is 5.32 Å². The molecule has 118 valence electrons. The summed E-state index contributed by atoms with van der Waals surface area (Å²) in [5.41, 5.74) is 1.02. The summed E-state index contributed by atoms with van der Waals surface area (Å²) in [6, 6.07) is 6.07. The Kier molecular flexibility index (Phi) is 5.47. The average molecular weight is 313 g/mol. The number of hydrogen-bond acceptors (Lipinski definition) is 5. The van der Waals surface area contributed by atoms with Gasteiger partial charge in [-0.1, -0.05) is 12.1 Å². The summed E-state index contributed by atoms with van der Waals surface area (Å²) in [5, 5.41) is 3.42. The van der Waals surface area contributed by atoms with Gasteiger partial charge in [0.1, 0.15) is 9.84 Å². The van der Waals surface area contributed by atoms with Gasteiger partial charge in [-0.2, -0.15) is 0 Å². The highest BCUT2D eigenvalue weighted by molar-refractivity contribution is 7.91. The number of rotatable bonds is 6. The summed E-state index contributed by atoms with van der Waals surface area (Å²) in [5.74, 6) is 2.04. The van der Waals surface area contributed by atoms with Gasteiger partial charge >= 0.3 is 0 Å². The van der Waals surface area contributed by atoms with E-state index < -0.39 is 9.84 Å². The third-order valence-electron chi connectivity index (χ3n) is 3.70. The summed E-state index contributed by atoms with van der Waals surface area (Å²) in [6.07, 6.45) is 1.35. The van der Waals surface area contributed by atoms with Crippen molar-refractivity contribution in [2.24, 2.45) is 0 Å². The Bertz CT molecular complexity index is 557. The number of methoxy groups -OCH3 is 1. The highest BCUT2D eigenvalue weighted by atomic mass is 32.2. The number of para-hydroxylation sites is 1. The standard InChI is InChI=1S/C15H23NO4S/c1-3-20-14-6-4-5-12(15(14)19-2)11-16-13-7-9-21(17,18)10-8-13/h4-6,13,16H,3,7-11H2,1-2H3. The molecular weight excluding hydrogens is 290 g/mol. The van der Waals surface area contributed by atoms with Crippen molar-refractivity contribution in [3.05, 3.63) is 23.8 Å². The average Bonchev–Trinajstić information content (AvgIpc) is 2.46. The fourth-order valence-electron chi connectivity index (χ4n) is 2.55. The van der Waals surface area contributed by atoms with Gasteiger partial charge in [0.2, 0.25) is 0 Å². The second kappa shape index (κ2) is 7.13. The van der Waals surface area contributed by atoms with E-state index in [1.807, 2.05) is 25.1 Å². The molecule has 0 aromatic heterocycles. The number of ether oxygens (including phenoxy) is 2. The van der Waals surface area contributed by atoms with Crippen molar-refractivity contribution < 1.29 is 17.9 Å². The van der Waals surface area contributed by atoms with Crippen LogP contribution in [0.5, 0.6) is 11.5 Å². The summed E-state index contributed by atoms with van der Waals surface area (Å²) >= 11 is 0. The predicted octanol–water partition coefficient (Wildman–Crippen LogP) is 1.76. The van der Waals surface area contributed by atoms with Gasteiger partial charge in [-0.25, -0.2) is 8.42 Å². The molecule has 2 rings (SSSR count). The molecule has 1 heterocycles. The zero-order chi connectivity index (χ0) is 15.3. The van der Waals surface area contributed by atoms with E-state index in [9.17, 15) is 8.42 Å². The van der Waals surface area contributed by atoms with E-state index in [-0.39, 0.29) is 17.5 Å². The largest absolute Gasteiger partial charge is 0.493 e. The molecule has 0 radical (unpaired) electrons. The Hall–Kier alpha value is -1.27. The van der Waals surface area contributed by atoms with E-state index in [4.69, 9.17) is 9.47 Å². The van der Waals surface area contributed by atoms with E-state index in [1.54, 1.807) is 7.11 Å². The Morgan fingerprint density at radius 3 is 2.62 bits per heavy atom. The quantitative estimate of drug-likeness (QED) is 0.867. The maximum atomic E-state index is 11.4. The highest BCUT2D eigenvalue weighted by Gasteiger charge is 2.23. The van der Waals surface area contributed by atoms with E-state index >= 15 is 0 Å². The van der Waals surface area contributed by atoms with Crippen LogP contribution in [0.4, 0.5) is 0 Å². The van der Waals surface area contributed by atoms with Gasteiger partial charge in [-0.15, -0.1) is 0 Å². The van der Waals surface area contributed by atoms with E-state index in [1.165, 1.54) is 0 Å². The van der Waals surface area contributed by atoms with Crippen molar-refractivity contribution in [3.63, 3.8) is 0 Å². The van der Waals surface area contributed by atoms with Crippen LogP contribution in [-0.4, -0.2) is 39.7 Å². The molecule has 0 spiro atoms. The van der Waals surface area contributed by atoms with E-state index in [0.29, 0.717) is 26.0 Å². The Morgan fingerprint density at radius 1 is 1.29 bits per heavy atom. The molecule has 1 aliphatic heterocycles. The lowest BCUT2D eigenvalue weighted by atomic mass is 10.1. The van der Waals surface area contributed by atoms with Gasteiger partial charge in [0.05, 0.1) is 25.2 Å². The number of benzene rings is 1. The van der Waals surface area contributed by atoms with Crippen molar-refractivity contribution in [1.29, 1.82) is 0 Å². The molecule has 6 heteroatoms. The fourth-order valence-corrected chi connectivity index (χ4v) is 4.04. The van der Waals surface area contributed by atoms with Crippen LogP contribution in [0.1, 0.15) is 25.3 Å². The van der Waals surface area contributed by atoms with E-state index in [0.717, 1.165) is 17.1 Å². The van der Waals surface area contributed by atoms with Crippen molar-refractivity contribution in [3.8, 4) is 11.5 Å². The molecule has 0 aliphatic carbocycles. The zero-order valence-corrected chi connectivity index (χ0v) is 13.4. The minimum Gasteiger partial charge on any atom is -0.493 e. The first kappa shape index (κ1) is 16.1. The molecule has 1 aromatic rings. The summed E-state index contributed by atoms with van der Waals surface area (Å²) in [7, 11) is -1.18. The molecular formula is C15H23NO4S. The van der Waals surface area contributed by atoms with Crippen molar-refractivity contribution in [2.45, 2.75) is 32.4 Å². The lowest BCUT2D eigenvalue weighted by Crippen LogP contribution is -2.37. The van der Waals surface area contributed by atoms with Crippen LogP contribution in [0.3, 0.4) is 0 Å². The Labute approximate surface area is 126 Å². The van der Waals surface area contributed by atoms with Crippen molar-refractivity contribution in [2.75, 3.05) is 25.2 Å². The summed E-state index contributed by atoms with van der Waals surface area (Å²) in [4.78, 5) is 0. The summed E-state index contributed by atoms with van der Waals surface area (Å²) < 4.78 is 33.8. The van der Waals surface area contributed by atoms with Gasteiger partial charge in [-0.3, -0.25) is 0 Å². The molecule has 1 saturated heterocycles. The SMILES string of the molecule is CCOc1cccc(CNC2CCS(=O)(=O)CC2)c1OC. The molecule has 1 aliphatic rings. The molecule has 0 saturated carbocycles. The monoisotopic (exact) mass is 313 g/mol. The minimum atomic E-state index is -2.81. The zero-order valence-electron chi connectivity index (χ0n) is 12.6. The maximum Gasteiger partial charge on any atom is 0.165 e. The summed E-state index contributed by atoms with van der Waals surface area (Å²) in [6.45, 7) is 3.18. The van der Waals surface area contributed by atoms with Gasteiger partial charge < -0.3 is 14.8 Å². The lowest BCUT2D eigenvalue weighted by Gasteiger charge is -2.23. The molecule has 5 nitrogen and oxygen atoms in total. The van der Waals surface area contributed by atoms with Crippen molar-refractivity contribution >= 4 is 9.84 Å². The van der Waals surface area contributed by atoms with Crippen LogP contribution >= 0.6 is 0 Å². The normalized spacial score (nSPS) is 18.4. The van der Waals surface area contributed by atoms with Crippen LogP contribution < -0.4 is 14.8 Å². The fraction of sp³-hybridized carbons (Fsp3) is 0.600. The van der Waals surface area contributed by atoms with Crippen LogP contribution in [-0.2, 0) is 16.4 Å². The molecule has 0 bridgehead atoms. The van der Waals surface area contributed by atoms with Gasteiger partial charge in [0.15, 0.2) is 11.5 Å². The predicted molar refractivity (Wildman–Crippen MR) is 82.7 cm³/mol. The third kappa shape index (κ3) is 4.35. The first-order chi connectivity index (χ1) is 10.1. The molecule has 1 fully saturated rings. The van der Waals surface area contributed by atoms with Gasteiger partial charge in [0.25, 0.3) is 0 Å². The first-order valence-electron chi connectivity index (χ1n) is 7.28. The van der Waals surface area contributed by atoms with Crippen LogP contribution in [0, 0.1) is 0 Å². The van der Waals surface area contributed by atoms with Crippen LogP contribution in [0.15, 0.2) is 18.2 Å². The minimum absolute atomic E-state index is 0.244. The first-order valence-corrected chi connectivity index (χ1v) is 9.10. The van der Waals surface area contributed by atoms with Gasteiger partial charge in [0, 0.05) is 18.2 Å².